The van der Waals surface area contributed by atoms with Crippen LogP contribution in [0.5, 0.6) is 0 Å². The number of carboxylic acids is 2. The molecule has 3 rings (SSSR count). The number of aliphatic carboxylic acids is 2. The van der Waals surface area contributed by atoms with Crippen LogP contribution in [-0.2, 0) is 23.9 Å². The fraction of sp³-hybridized carbons (Fsp3) is 0.767. The molecule has 0 aromatic rings. The third kappa shape index (κ3) is 18.0. The third-order valence-electron chi connectivity index (χ3n) is 6.86. The molecule has 18 nitrogen and oxygen atoms in total. The van der Waals surface area contributed by atoms with E-state index in [-0.39, 0.29) is 42.0 Å². The summed E-state index contributed by atoms with van der Waals surface area (Å²) in [6.07, 6.45) is -3.13. The smallest absolute Gasteiger partial charge is 0.410 e. The van der Waals surface area contributed by atoms with Crippen LogP contribution < -0.4 is 21.1 Å². The zero-order chi connectivity index (χ0) is 37.6. The molecule has 0 aromatic carbocycles. The molecule has 3 saturated heterocycles. The summed E-state index contributed by atoms with van der Waals surface area (Å²) in [7, 11) is 3.79. The molecule has 3 heterocycles. The van der Waals surface area contributed by atoms with Gasteiger partial charge in [-0.05, 0) is 48.0 Å². The summed E-state index contributed by atoms with van der Waals surface area (Å²) in [4.78, 5) is 56.2. The van der Waals surface area contributed by atoms with Crippen LogP contribution in [0, 0.1) is 0 Å². The topological polar surface area (TPSA) is 280 Å². The van der Waals surface area contributed by atoms with E-state index in [2.05, 4.69) is 11.9 Å². The fourth-order valence-electron chi connectivity index (χ4n) is 4.34. The Balaban J connectivity index is 0.000000632. The van der Waals surface area contributed by atoms with E-state index in [9.17, 15) is 39.3 Å². The van der Waals surface area contributed by atoms with Crippen LogP contribution in [0.25, 0.3) is 0 Å². The molecule has 3 fully saturated rings. The van der Waals surface area contributed by atoms with E-state index in [1.807, 2.05) is 66.3 Å². The van der Waals surface area contributed by atoms with Gasteiger partial charge in [-0.25, -0.2) is 9.59 Å². The second-order valence-electron chi connectivity index (χ2n) is 13.5. The molecule has 0 aromatic heterocycles. The van der Waals surface area contributed by atoms with Crippen molar-refractivity contribution in [3.8, 4) is 0 Å². The number of rotatable bonds is 6. The molecule has 0 aliphatic carbocycles. The molecule has 3 aliphatic heterocycles. The monoisotopic (exact) mass is 694 g/mol. The van der Waals surface area contributed by atoms with Crippen molar-refractivity contribution in [1.82, 2.24) is 15.1 Å². The number of quaternary nitrogens is 2. The van der Waals surface area contributed by atoms with E-state index in [1.165, 1.54) is 0 Å². The van der Waals surface area contributed by atoms with Crippen LogP contribution in [-0.4, -0.2) is 153 Å². The zero-order valence-corrected chi connectivity index (χ0v) is 29.2. The average molecular weight is 695 g/mol. The van der Waals surface area contributed by atoms with Crippen LogP contribution >= 0.6 is 0 Å². The van der Waals surface area contributed by atoms with Gasteiger partial charge >= 0.3 is 18.2 Å². The van der Waals surface area contributed by atoms with Crippen molar-refractivity contribution in [3.63, 3.8) is 0 Å². The average Bonchev–Trinajstić information content (AvgIpc) is 3.65. The summed E-state index contributed by atoms with van der Waals surface area (Å²) in [5.74, 6) is -3.08. The first kappa shape index (κ1) is 44.3. The molecule has 0 saturated carbocycles. The Morgan fingerprint density at radius 1 is 0.896 bits per heavy atom. The number of β-amino-alcohol motifs (C(OH)–C–C–N with tert-alkyl or cyclic N) is 2. The highest BCUT2D eigenvalue weighted by Gasteiger charge is 2.38. The van der Waals surface area contributed by atoms with Gasteiger partial charge in [-0.2, -0.15) is 0 Å². The van der Waals surface area contributed by atoms with E-state index in [0.717, 1.165) is 0 Å². The van der Waals surface area contributed by atoms with Crippen LogP contribution in [0.2, 0.25) is 0 Å². The number of amides is 3. The van der Waals surface area contributed by atoms with Gasteiger partial charge in [0.05, 0.1) is 58.7 Å². The van der Waals surface area contributed by atoms with E-state index in [1.54, 1.807) is 9.80 Å². The summed E-state index contributed by atoms with van der Waals surface area (Å²) in [5, 5.41) is 60.2. The van der Waals surface area contributed by atoms with Gasteiger partial charge in [-0.3, -0.25) is 19.4 Å². The second kappa shape index (κ2) is 20.0. The minimum Gasteiger partial charge on any atom is -0.547 e. The summed E-state index contributed by atoms with van der Waals surface area (Å²) in [6.45, 7) is 16.1. The first-order chi connectivity index (χ1) is 21.9. The molecule has 3 amide bonds. The lowest BCUT2D eigenvalue weighted by Gasteiger charge is -2.23. The molecule has 0 radical (unpaired) electrons. The van der Waals surface area contributed by atoms with Crippen molar-refractivity contribution in [2.75, 3.05) is 40.3 Å². The number of likely N-dealkylation sites (N-methyl/N-ethyl adjacent to an activating group) is 2. The number of ether oxygens (including phenoxy) is 2. The predicted molar refractivity (Wildman–Crippen MR) is 167 cm³/mol. The lowest BCUT2D eigenvalue weighted by molar-refractivity contribution is -0.666. The Morgan fingerprint density at radius 3 is 1.48 bits per heavy atom. The summed E-state index contributed by atoms with van der Waals surface area (Å²) in [6, 6.07) is -0.0625. The molecule has 0 bridgehead atoms. The molecule has 0 unspecified atom stereocenters. The summed E-state index contributed by atoms with van der Waals surface area (Å²) in [5.41, 5.74) is -0.952. The highest BCUT2D eigenvalue weighted by Crippen LogP contribution is 2.15. The molecule has 6 atom stereocenters. The zero-order valence-electron chi connectivity index (χ0n) is 29.2. The number of nitrogens with zero attached hydrogens (tertiary/aromatic N) is 2. The lowest BCUT2D eigenvalue weighted by atomic mass is 10.2. The van der Waals surface area contributed by atoms with E-state index in [0.29, 0.717) is 39.0 Å². The van der Waals surface area contributed by atoms with Crippen molar-refractivity contribution in [2.24, 2.45) is 0 Å². The van der Waals surface area contributed by atoms with E-state index >= 15 is 0 Å². The Labute approximate surface area is 281 Å². The number of carboxylic acid groups (broad SMARTS) is 2. The van der Waals surface area contributed by atoms with Crippen molar-refractivity contribution in [1.29, 1.82) is 0 Å². The van der Waals surface area contributed by atoms with Crippen molar-refractivity contribution in [2.45, 2.75) is 108 Å². The number of carbonyl (C=O) groups excluding carboxylic acids is 4. The molecule has 48 heavy (non-hydrogen) atoms. The standard InChI is InChI=1S/2C10H20N2O3.C6H9NO2.C4H6O5/c2*1-10(2,3)15-9(14)12-5-7(11-4)8(13)6-12;1-4(8)5-2-3-6(9)7-5;5-2(4(8)9)1-3(6)7/h2*7-8,11,13H,5-6H2,1-4H3;5,8H,1-3H2,(H,7,9);2,5H,1H2,(H,6,7)(H,8,9)/p+1/t2*7-,8-;5-;2-/m0010/s1. The van der Waals surface area contributed by atoms with Gasteiger partial charge in [-0.1, -0.05) is 6.58 Å². The summed E-state index contributed by atoms with van der Waals surface area (Å²) >= 11 is 0. The van der Waals surface area contributed by atoms with Gasteiger partial charge in [0.25, 0.3) is 0 Å². The second-order valence-corrected chi connectivity index (χ2v) is 13.5. The van der Waals surface area contributed by atoms with Gasteiger partial charge in [0.2, 0.25) is 5.91 Å². The maximum atomic E-state index is 11.6. The van der Waals surface area contributed by atoms with Gasteiger partial charge in [-0.15, -0.1) is 0 Å². The molecular weight excluding hydrogens is 638 g/mol. The highest BCUT2D eigenvalue weighted by molar-refractivity contribution is 5.79. The number of aliphatic hydroxyl groups excluding tert-OH is 4. The molecular formula is C30H56N5O13+. The maximum absolute atomic E-state index is 11.6. The fourth-order valence-corrected chi connectivity index (χ4v) is 4.34. The van der Waals surface area contributed by atoms with Gasteiger partial charge in [0.15, 0.2) is 0 Å². The van der Waals surface area contributed by atoms with Gasteiger partial charge in [0, 0.05) is 6.42 Å². The summed E-state index contributed by atoms with van der Waals surface area (Å²) < 4.78 is 10.4. The van der Waals surface area contributed by atoms with Crippen molar-refractivity contribution in [3.05, 3.63) is 12.3 Å². The molecule has 10 N–H and O–H groups in total. The Bertz CT molecular complexity index is 1040. The third-order valence-corrected chi connectivity index (χ3v) is 6.86. The first-order valence-corrected chi connectivity index (χ1v) is 15.6. The number of hydrogen-bond donors (Lipinski definition) is 8. The van der Waals surface area contributed by atoms with Crippen LogP contribution in [0.15, 0.2) is 12.3 Å². The minimum absolute atomic E-state index is 0.00444. The number of likely N-dealkylation sites (tertiary alicyclic amines) is 2. The first-order valence-electron chi connectivity index (χ1n) is 15.6. The molecule has 0 spiro atoms. The number of aliphatic hydroxyl groups is 4. The normalized spacial score (nSPS) is 24.0. The van der Waals surface area contributed by atoms with Crippen molar-refractivity contribution >= 4 is 30.0 Å². The number of nitrogens with two attached hydrogens (primary N) is 2. The SMILES string of the molecule is C=C(O)[C@H]1CCC(=O)N1.C[NH2+][C@H]1CN(C(=O)OC(C)(C)C)C[C@@H]1O.C[NH2+][C@H]1CN(C(=O)OC(C)(C)C)C[C@@H]1O.O=C(O)C[C@H](O)C(=O)[O-]. The lowest BCUT2D eigenvalue weighted by Crippen LogP contribution is -2.89. The Morgan fingerprint density at radius 2 is 1.29 bits per heavy atom. The van der Waals surface area contributed by atoms with Gasteiger partial charge in [0.1, 0.15) is 47.4 Å². The van der Waals surface area contributed by atoms with Crippen LogP contribution in [0.1, 0.15) is 60.8 Å². The van der Waals surface area contributed by atoms with E-state index < -0.39 is 47.9 Å². The molecule has 278 valence electrons. The number of carbonyl (C=O) groups is 5. The Kier molecular flexibility index (Phi) is 18.4. The van der Waals surface area contributed by atoms with Crippen molar-refractivity contribution < 1.29 is 74.7 Å². The Hall–Kier alpha value is -3.71. The minimum atomic E-state index is -1.90. The molecule has 18 heteroatoms. The highest BCUT2D eigenvalue weighted by atomic mass is 16.6. The quantitative estimate of drug-likeness (QED) is 0.124. The van der Waals surface area contributed by atoms with Crippen LogP contribution in [0.3, 0.4) is 0 Å². The number of hydrogen-bond acceptors (Lipinski definition) is 12. The number of nitrogens with one attached hydrogen (secondary N) is 1. The largest absolute Gasteiger partial charge is 0.547 e. The predicted octanol–water partition coefficient (Wildman–Crippen LogP) is -3.77. The maximum Gasteiger partial charge on any atom is 0.410 e. The van der Waals surface area contributed by atoms with E-state index in [4.69, 9.17) is 24.8 Å². The van der Waals surface area contributed by atoms with Crippen LogP contribution in [0.4, 0.5) is 9.59 Å². The van der Waals surface area contributed by atoms with Gasteiger partial charge < -0.3 is 60.9 Å². The molecule has 3 aliphatic rings.